The maximum Gasteiger partial charge on any atom is 0.201 e. The van der Waals surface area contributed by atoms with Crippen molar-refractivity contribution in [2.24, 2.45) is 5.92 Å². The second-order valence-electron chi connectivity index (χ2n) is 1.43. The second-order valence-corrected chi connectivity index (χ2v) is 1.43. The van der Waals surface area contributed by atoms with E-state index in [-0.39, 0.29) is 5.92 Å². The topological polar surface area (TPSA) is 17.1 Å². The van der Waals surface area contributed by atoms with Gasteiger partial charge in [-0.3, -0.25) is 4.79 Å². The molecular weight excluding hydrogens is 76.1 g/mol. The standard InChI is InChI=1S/C5H9O/c1-3-5(2)4-6/h5H,3H2,1-2H3/t5-/m1/s1. The van der Waals surface area contributed by atoms with E-state index in [0.717, 1.165) is 6.42 Å². The van der Waals surface area contributed by atoms with E-state index in [0.29, 0.717) is 0 Å². The van der Waals surface area contributed by atoms with Crippen molar-refractivity contribution >= 4 is 6.29 Å². The van der Waals surface area contributed by atoms with E-state index in [1.54, 1.807) is 0 Å². The van der Waals surface area contributed by atoms with E-state index >= 15 is 0 Å². The fourth-order valence-electron chi connectivity index (χ4n) is 0.0833. The molecule has 0 spiro atoms. The number of hydrogen-bond acceptors (Lipinski definition) is 1. The molecule has 0 bridgehead atoms. The molecule has 1 heteroatoms. The Kier molecular flexibility index (Phi) is 2.73. The van der Waals surface area contributed by atoms with Crippen molar-refractivity contribution in [3.8, 4) is 0 Å². The van der Waals surface area contributed by atoms with E-state index in [1.165, 1.54) is 0 Å². The summed E-state index contributed by atoms with van der Waals surface area (Å²) in [7, 11) is 0. The zero-order valence-corrected chi connectivity index (χ0v) is 4.19. The maximum atomic E-state index is 9.61. The predicted octanol–water partition coefficient (Wildman–Crippen LogP) is 1.14. The van der Waals surface area contributed by atoms with Crippen molar-refractivity contribution < 1.29 is 4.79 Å². The van der Waals surface area contributed by atoms with Crippen LogP contribution in [0.25, 0.3) is 0 Å². The zero-order valence-electron chi connectivity index (χ0n) is 4.19. The van der Waals surface area contributed by atoms with Crippen LogP contribution in [-0.4, -0.2) is 6.29 Å². The number of carbonyl (C=O) groups excluding carboxylic acids is 1. The average Bonchev–Trinajstić information content (AvgIpc) is 1.65. The van der Waals surface area contributed by atoms with Crippen LogP contribution >= 0.6 is 0 Å². The summed E-state index contributed by atoms with van der Waals surface area (Å²) in [6, 6.07) is 0. The van der Waals surface area contributed by atoms with Crippen LogP contribution in [0.4, 0.5) is 0 Å². The molecule has 0 aliphatic carbocycles. The Bertz CT molecular complexity index is 41.2. The van der Waals surface area contributed by atoms with Crippen molar-refractivity contribution in [1.82, 2.24) is 0 Å². The zero-order chi connectivity index (χ0) is 4.99. The Balaban J connectivity index is 2.96. The number of hydrogen-bond donors (Lipinski definition) is 0. The minimum Gasteiger partial charge on any atom is -0.291 e. The Labute approximate surface area is 38.4 Å². The summed E-state index contributed by atoms with van der Waals surface area (Å²) in [4.78, 5) is 9.61. The number of rotatable bonds is 2. The van der Waals surface area contributed by atoms with E-state index in [1.807, 2.05) is 20.1 Å². The third-order valence-corrected chi connectivity index (χ3v) is 0.814. The van der Waals surface area contributed by atoms with Gasteiger partial charge in [-0.25, -0.2) is 0 Å². The van der Waals surface area contributed by atoms with Gasteiger partial charge in [0, 0.05) is 5.92 Å². The Morgan fingerprint density at radius 1 is 1.83 bits per heavy atom. The van der Waals surface area contributed by atoms with Crippen LogP contribution in [0.2, 0.25) is 0 Å². The first-order valence-corrected chi connectivity index (χ1v) is 2.19. The summed E-state index contributed by atoms with van der Waals surface area (Å²) in [5.74, 6) is 0.130. The molecule has 0 fully saturated rings. The molecule has 0 unspecified atom stereocenters. The highest BCUT2D eigenvalue weighted by Gasteiger charge is 1.91. The molecule has 0 aliphatic heterocycles. The van der Waals surface area contributed by atoms with Crippen LogP contribution in [0.5, 0.6) is 0 Å². The molecular formula is C5H9O. The quantitative estimate of drug-likeness (QED) is 0.491. The summed E-state index contributed by atoms with van der Waals surface area (Å²) < 4.78 is 0. The van der Waals surface area contributed by atoms with Crippen LogP contribution in [0, 0.1) is 5.92 Å². The van der Waals surface area contributed by atoms with E-state index < -0.39 is 0 Å². The monoisotopic (exact) mass is 85.1 g/mol. The highest BCUT2D eigenvalue weighted by atomic mass is 16.1. The van der Waals surface area contributed by atoms with Crippen molar-refractivity contribution in [1.29, 1.82) is 0 Å². The van der Waals surface area contributed by atoms with Gasteiger partial charge in [0.1, 0.15) is 0 Å². The summed E-state index contributed by atoms with van der Waals surface area (Å²) in [5.41, 5.74) is 0. The van der Waals surface area contributed by atoms with Gasteiger partial charge < -0.3 is 0 Å². The van der Waals surface area contributed by atoms with Gasteiger partial charge in [-0.15, -0.1) is 0 Å². The molecule has 0 aromatic heterocycles. The Hall–Kier alpha value is -0.330. The third kappa shape index (κ3) is 1.94. The van der Waals surface area contributed by atoms with Gasteiger partial charge in [0.2, 0.25) is 6.29 Å². The smallest absolute Gasteiger partial charge is 0.201 e. The molecule has 0 saturated heterocycles. The van der Waals surface area contributed by atoms with Crippen LogP contribution in [0.3, 0.4) is 0 Å². The van der Waals surface area contributed by atoms with Crippen LogP contribution in [0.15, 0.2) is 0 Å². The fraction of sp³-hybridized carbons (Fsp3) is 0.800. The highest BCUT2D eigenvalue weighted by Crippen LogP contribution is 1.91. The minimum atomic E-state index is 0.130. The van der Waals surface area contributed by atoms with Crippen LogP contribution in [0.1, 0.15) is 20.3 Å². The molecule has 0 aliphatic rings. The molecule has 0 rings (SSSR count). The van der Waals surface area contributed by atoms with Gasteiger partial charge in [0.15, 0.2) is 0 Å². The van der Waals surface area contributed by atoms with Crippen molar-refractivity contribution in [2.75, 3.05) is 0 Å². The SMILES string of the molecule is CC[C@@H](C)[C]=O. The molecule has 35 valence electrons. The molecule has 0 heterocycles. The molecule has 0 amide bonds. The lowest BCUT2D eigenvalue weighted by Crippen LogP contribution is -1.89. The average molecular weight is 85.1 g/mol. The molecule has 1 nitrogen and oxygen atoms in total. The largest absolute Gasteiger partial charge is 0.291 e. The first-order chi connectivity index (χ1) is 2.81. The Morgan fingerprint density at radius 3 is 2.33 bits per heavy atom. The molecule has 1 radical (unpaired) electrons. The lowest BCUT2D eigenvalue weighted by molar-refractivity contribution is 0.525. The van der Waals surface area contributed by atoms with Gasteiger partial charge in [-0.05, 0) is 6.42 Å². The molecule has 1 atom stereocenters. The first kappa shape index (κ1) is 5.67. The van der Waals surface area contributed by atoms with Gasteiger partial charge in [0.05, 0.1) is 0 Å². The lowest BCUT2D eigenvalue weighted by Gasteiger charge is -1.88. The van der Waals surface area contributed by atoms with Crippen molar-refractivity contribution in [3.05, 3.63) is 0 Å². The maximum absolute atomic E-state index is 9.61. The highest BCUT2D eigenvalue weighted by molar-refractivity contribution is 5.53. The van der Waals surface area contributed by atoms with E-state index in [2.05, 4.69) is 0 Å². The summed E-state index contributed by atoms with van der Waals surface area (Å²) >= 11 is 0. The minimum absolute atomic E-state index is 0.130. The molecule has 0 aromatic rings. The van der Waals surface area contributed by atoms with Crippen molar-refractivity contribution in [3.63, 3.8) is 0 Å². The Morgan fingerprint density at radius 2 is 2.33 bits per heavy atom. The first-order valence-electron chi connectivity index (χ1n) is 2.19. The summed E-state index contributed by atoms with van der Waals surface area (Å²) in [6.45, 7) is 3.82. The fourth-order valence-corrected chi connectivity index (χ4v) is 0.0833. The van der Waals surface area contributed by atoms with Crippen LogP contribution in [-0.2, 0) is 4.79 Å². The van der Waals surface area contributed by atoms with Crippen LogP contribution < -0.4 is 0 Å². The van der Waals surface area contributed by atoms with E-state index in [4.69, 9.17) is 0 Å². The second kappa shape index (κ2) is 2.88. The predicted molar refractivity (Wildman–Crippen MR) is 25.1 cm³/mol. The van der Waals surface area contributed by atoms with E-state index in [9.17, 15) is 4.79 Å². The van der Waals surface area contributed by atoms with Gasteiger partial charge in [-0.1, -0.05) is 13.8 Å². The molecule has 0 aromatic carbocycles. The summed E-state index contributed by atoms with van der Waals surface area (Å²) in [6.07, 6.45) is 2.77. The molecule has 0 saturated carbocycles. The van der Waals surface area contributed by atoms with Crippen molar-refractivity contribution in [2.45, 2.75) is 20.3 Å². The molecule has 6 heavy (non-hydrogen) atoms. The van der Waals surface area contributed by atoms with Gasteiger partial charge in [-0.2, -0.15) is 0 Å². The van der Waals surface area contributed by atoms with Gasteiger partial charge in [0.25, 0.3) is 0 Å². The lowest BCUT2D eigenvalue weighted by atomic mass is 10.2. The molecule has 0 N–H and O–H groups in total. The summed E-state index contributed by atoms with van der Waals surface area (Å²) in [5, 5.41) is 0. The normalized spacial score (nSPS) is 13.7. The third-order valence-electron chi connectivity index (χ3n) is 0.814. The van der Waals surface area contributed by atoms with Gasteiger partial charge >= 0.3 is 0 Å².